The lowest BCUT2D eigenvalue weighted by atomic mass is 9.96. The lowest BCUT2D eigenvalue weighted by molar-refractivity contribution is 0.0943. The molecule has 1 amide bonds. The van der Waals surface area contributed by atoms with Crippen LogP contribution in [0.15, 0.2) is 18.2 Å². The Kier molecular flexibility index (Phi) is 6.78. The number of rotatable bonds is 7. The topological polar surface area (TPSA) is 72.5 Å². The number of aryl methyl sites for hydroxylation is 1. The molecule has 1 aromatic carbocycles. The molecule has 1 heterocycles. The van der Waals surface area contributed by atoms with Crippen molar-refractivity contribution in [2.24, 2.45) is 0 Å². The monoisotopic (exact) mass is 403 g/mol. The van der Waals surface area contributed by atoms with Crippen LogP contribution in [0.2, 0.25) is 0 Å². The van der Waals surface area contributed by atoms with E-state index in [1.54, 1.807) is 14.2 Å². The summed E-state index contributed by atoms with van der Waals surface area (Å²) in [5.41, 5.74) is 1.72. The molecule has 1 atom stereocenters. The van der Waals surface area contributed by atoms with Crippen LogP contribution in [0.5, 0.6) is 11.5 Å². The highest BCUT2D eigenvalue weighted by Crippen LogP contribution is 2.31. The Morgan fingerprint density at radius 2 is 1.89 bits per heavy atom. The second-order valence-corrected chi connectivity index (χ2v) is 8.22. The number of carbonyl (C=O) groups is 1. The summed E-state index contributed by atoms with van der Waals surface area (Å²) < 4.78 is 10.6. The van der Waals surface area contributed by atoms with Gasteiger partial charge in [0.25, 0.3) is 5.91 Å². The molecule has 6 nitrogen and oxygen atoms in total. The van der Waals surface area contributed by atoms with Gasteiger partial charge in [0.1, 0.15) is 4.88 Å². The van der Waals surface area contributed by atoms with Gasteiger partial charge in [-0.05, 0) is 44.4 Å². The van der Waals surface area contributed by atoms with Gasteiger partial charge in [-0.25, -0.2) is 4.98 Å². The van der Waals surface area contributed by atoms with Crippen LogP contribution in [0.4, 0.5) is 5.13 Å². The number of carbonyl (C=O) groups excluding carboxylic acids is 1. The summed E-state index contributed by atoms with van der Waals surface area (Å²) in [7, 11) is 3.21. The van der Waals surface area contributed by atoms with Crippen LogP contribution in [-0.4, -0.2) is 31.2 Å². The van der Waals surface area contributed by atoms with Crippen LogP contribution in [0.3, 0.4) is 0 Å². The summed E-state index contributed by atoms with van der Waals surface area (Å²) in [6.07, 6.45) is 6.19. The van der Waals surface area contributed by atoms with Gasteiger partial charge in [-0.1, -0.05) is 36.7 Å². The average Bonchev–Trinajstić information content (AvgIpc) is 3.08. The van der Waals surface area contributed by atoms with Gasteiger partial charge in [-0.15, -0.1) is 0 Å². The summed E-state index contributed by atoms with van der Waals surface area (Å²) in [5, 5.41) is 7.41. The predicted molar refractivity (Wildman–Crippen MR) is 113 cm³/mol. The number of ether oxygens (including phenoxy) is 2. The molecule has 0 radical (unpaired) electrons. The summed E-state index contributed by atoms with van der Waals surface area (Å²) in [6.45, 7) is 3.84. The highest BCUT2D eigenvalue weighted by molar-refractivity contribution is 7.17. The minimum atomic E-state index is -0.163. The lowest BCUT2D eigenvalue weighted by Crippen LogP contribution is -2.26. The number of benzene rings is 1. The highest BCUT2D eigenvalue weighted by atomic mass is 32.1. The Bertz CT molecular complexity index is 815. The molecule has 2 N–H and O–H groups in total. The first-order valence-electron chi connectivity index (χ1n) is 9.78. The first-order chi connectivity index (χ1) is 13.5. The lowest BCUT2D eigenvalue weighted by Gasteiger charge is -2.22. The molecule has 1 aliphatic carbocycles. The Balaban J connectivity index is 1.67. The Morgan fingerprint density at radius 1 is 1.18 bits per heavy atom. The van der Waals surface area contributed by atoms with Gasteiger partial charge < -0.3 is 20.1 Å². The summed E-state index contributed by atoms with van der Waals surface area (Å²) in [5.74, 6) is 1.21. The number of anilines is 1. The Morgan fingerprint density at radius 3 is 2.57 bits per heavy atom. The third-order valence-electron chi connectivity index (χ3n) is 5.19. The molecule has 1 aliphatic rings. The van der Waals surface area contributed by atoms with E-state index >= 15 is 0 Å². The van der Waals surface area contributed by atoms with Gasteiger partial charge in [0.05, 0.1) is 26.0 Å². The minimum absolute atomic E-state index is 0.103. The van der Waals surface area contributed by atoms with Crippen molar-refractivity contribution in [1.82, 2.24) is 10.3 Å². The van der Waals surface area contributed by atoms with Crippen molar-refractivity contribution in [1.29, 1.82) is 0 Å². The second kappa shape index (κ2) is 9.28. The third kappa shape index (κ3) is 4.76. The number of nitrogens with one attached hydrogen (secondary N) is 2. The van der Waals surface area contributed by atoms with Crippen molar-refractivity contribution >= 4 is 22.4 Å². The van der Waals surface area contributed by atoms with Crippen molar-refractivity contribution < 1.29 is 14.3 Å². The average molecular weight is 404 g/mol. The minimum Gasteiger partial charge on any atom is -0.493 e. The number of aromatic nitrogens is 1. The fourth-order valence-electron chi connectivity index (χ4n) is 3.56. The van der Waals surface area contributed by atoms with E-state index in [1.807, 2.05) is 32.0 Å². The maximum atomic E-state index is 12.8. The second-order valence-electron chi connectivity index (χ2n) is 7.22. The van der Waals surface area contributed by atoms with Crippen LogP contribution in [0.25, 0.3) is 0 Å². The van der Waals surface area contributed by atoms with E-state index in [2.05, 4.69) is 15.6 Å². The van der Waals surface area contributed by atoms with Crippen molar-refractivity contribution in [2.75, 3.05) is 19.5 Å². The van der Waals surface area contributed by atoms with E-state index in [9.17, 15) is 4.79 Å². The largest absolute Gasteiger partial charge is 0.493 e. The van der Waals surface area contributed by atoms with Crippen molar-refractivity contribution in [3.05, 3.63) is 34.3 Å². The van der Waals surface area contributed by atoms with Crippen LogP contribution in [-0.2, 0) is 0 Å². The van der Waals surface area contributed by atoms with E-state index in [4.69, 9.17) is 9.47 Å². The smallest absolute Gasteiger partial charge is 0.263 e. The van der Waals surface area contributed by atoms with Crippen molar-refractivity contribution in [2.45, 2.75) is 58.0 Å². The summed E-state index contributed by atoms with van der Waals surface area (Å²) in [6, 6.07) is 5.98. The molecule has 3 rings (SSSR count). The zero-order valence-electron chi connectivity index (χ0n) is 17.0. The molecular weight excluding hydrogens is 374 g/mol. The number of thiazole rings is 1. The first-order valence-corrected chi connectivity index (χ1v) is 10.6. The number of nitrogens with zero attached hydrogens (tertiary/aromatic N) is 1. The SMILES string of the molecule is COc1ccc([C@@H](C)NC(=O)c2sc(NC3CCCCC3)nc2C)cc1OC. The molecule has 0 aliphatic heterocycles. The van der Waals surface area contributed by atoms with Gasteiger partial charge in [0.15, 0.2) is 16.6 Å². The molecule has 0 bridgehead atoms. The molecule has 0 spiro atoms. The van der Waals surface area contributed by atoms with E-state index in [0.717, 1.165) is 16.4 Å². The predicted octanol–water partition coefficient (Wildman–Crippen LogP) is 4.70. The molecular formula is C21H29N3O3S. The number of hydrogen-bond donors (Lipinski definition) is 2. The van der Waals surface area contributed by atoms with Crippen LogP contribution in [0.1, 0.15) is 66.0 Å². The van der Waals surface area contributed by atoms with E-state index in [0.29, 0.717) is 22.4 Å². The maximum absolute atomic E-state index is 12.8. The first kappa shape index (κ1) is 20.5. The maximum Gasteiger partial charge on any atom is 0.263 e. The van der Waals surface area contributed by atoms with Crippen LogP contribution >= 0.6 is 11.3 Å². The van der Waals surface area contributed by atoms with Gasteiger partial charge in [-0.2, -0.15) is 0 Å². The summed E-state index contributed by atoms with van der Waals surface area (Å²) >= 11 is 1.43. The molecule has 1 aromatic heterocycles. The number of amides is 1. The van der Waals surface area contributed by atoms with Crippen LogP contribution < -0.4 is 20.1 Å². The molecule has 0 unspecified atom stereocenters. The third-order valence-corrected chi connectivity index (χ3v) is 6.28. The molecule has 2 aromatic rings. The van der Waals surface area contributed by atoms with E-state index in [1.165, 1.54) is 43.4 Å². The molecule has 152 valence electrons. The van der Waals surface area contributed by atoms with E-state index < -0.39 is 0 Å². The van der Waals surface area contributed by atoms with Crippen molar-refractivity contribution in [3.8, 4) is 11.5 Å². The number of methoxy groups -OCH3 is 2. The normalized spacial score (nSPS) is 15.7. The zero-order valence-corrected chi connectivity index (χ0v) is 17.8. The fraction of sp³-hybridized carbons (Fsp3) is 0.524. The van der Waals surface area contributed by atoms with Gasteiger partial charge in [0.2, 0.25) is 0 Å². The fourth-order valence-corrected chi connectivity index (χ4v) is 4.50. The highest BCUT2D eigenvalue weighted by Gasteiger charge is 2.21. The van der Waals surface area contributed by atoms with Gasteiger partial charge in [-0.3, -0.25) is 4.79 Å². The molecule has 1 fully saturated rings. The molecule has 1 saturated carbocycles. The molecule has 7 heteroatoms. The Hall–Kier alpha value is -2.28. The van der Waals surface area contributed by atoms with E-state index in [-0.39, 0.29) is 11.9 Å². The molecule has 28 heavy (non-hydrogen) atoms. The standard InChI is InChI=1S/C21H29N3O3S/c1-13(15-10-11-17(26-3)18(12-15)27-4)22-20(25)19-14(2)23-21(28-19)24-16-8-6-5-7-9-16/h10-13,16H,5-9H2,1-4H3,(H,22,25)(H,23,24)/t13-/m1/s1. The van der Waals surface area contributed by atoms with Gasteiger partial charge >= 0.3 is 0 Å². The van der Waals surface area contributed by atoms with Gasteiger partial charge in [0, 0.05) is 6.04 Å². The quantitative estimate of drug-likeness (QED) is 0.701. The summed E-state index contributed by atoms with van der Waals surface area (Å²) in [4.78, 5) is 18.0. The molecule has 0 saturated heterocycles. The van der Waals surface area contributed by atoms with Crippen LogP contribution in [0, 0.1) is 6.92 Å². The Labute approximate surface area is 170 Å². The number of hydrogen-bond acceptors (Lipinski definition) is 6. The van der Waals surface area contributed by atoms with Crippen molar-refractivity contribution in [3.63, 3.8) is 0 Å². The zero-order chi connectivity index (χ0) is 20.1.